The van der Waals surface area contributed by atoms with E-state index in [4.69, 9.17) is 9.47 Å². The van der Waals surface area contributed by atoms with Crippen molar-refractivity contribution >= 4 is 18.5 Å². The van der Waals surface area contributed by atoms with E-state index in [9.17, 15) is 9.59 Å². The molecule has 1 aromatic rings. The summed E-state index contributed by atoms with van der Waals surface area (Å²) in [7, 11) is 2.89. The molecule has 0 spiro atoms. The van der Waals surface area contributed by atoms with E-state index >= 15 is 0 Å². The van der Waals surface area contributed by atoms with Crippen LogP contribution in [-0.2, 0) is 19.1 Å². The Bertz CT molecular complexity index is 499. The minimum atomic E-state index is -0.617. The van der Waals surface area contributed by atoms with Crippen molar-refractivity contribution in [3.63, 3.8) is 0 Å². The third kappa shape index (κ3) is 6.09. The molecule has 114 valence electrons. The van der Waals surface area contributed by atoms with E-state index in [2.05, 4.69) is 10.1 Å². The smallest absolute Gasteiger partial charge is 0.354 e. The molecule has 0 aliphatic carbocycles. The molecule has 1 N–H and O–H groups in total. The summed E-state index contributed by atoms with van der Waals surface area (Å²) in [6.45, 7) is 1.17. The van der Waals surface area contributed by atoms with Crippen LogP contribution in [0.5, 0.6) is 5.75 Å². The normalized spacial score (nSPS) is 10.9. The van der Waals surface area contributed by atoms with Gasteiger partial charge < -0.3 is 19.5 Å². The molecule has 1 rings (SSSR count). The minimum Gasteiger partial charge on any atom is -0.493 e. The van der Waals surface area contributed by atoms with E-state index in [1.807, 2.05) is 6.07 Å². The van der Waals surface area contributed by atoms with Crippen LogP contribution in [0.4, 0.5) is 0 Å². The van der Waals surface area contributed by atoms with E-state index in [-0.39, 0.29) is 5.70 Å². The Balaban J connectivity index is 2.77. The fourth-order valence-electron chi connectivity index (χ4n) is 1.59. The molecule has 0 saturated carbocycles. The van der Waals surface area contributed by atoms with Crippen molar-refractivity contribution in [2.24, 2.45) is 0 Å². The van der Waals surface area contributed by atoms with Gasteiger partial charge in [0.05, 0.1) is 13.7 Å². The first-order valence-electron chi connectivity index (χ1n) is 6.43. The largest absolute Gasteiger partial charge is 0.493 e. The zero-order valence-electron chi connectivity index (χ0n) is 12.1. The molecule has 0 aromatic heterocycles. The summed E-state index contributed by atoms with van der Waals surface area (Å²) in [5, 5.41) is 2.31. The second-order valence-corrected chi connectivity index (χ2v) is 4.08. The van der Waals surface area contributed by atoms with Gasteiger partial charge in [0.25, 0.3) is 0 Å². The summed E-state index contributed by atoms with van der Waals surface area (Å²) < 4.78 is 15.1. The maximum absolute atomic E-state index is 11.5. The summed E-state index contributed by atoms with van der Waals surface area (Å²) in [4.78, 5) is 22.0. The maximum atomic E-state index is 11.5. The van der Waals surface area contributed by atoms with Crippen LogP contribution in [0.25, 0.3) is 6.08 Å². The molecule has 0 fully saturated rings. The predicted octanol–water partition coefficient (Wildman–Crippen LogP) is 1.36. The number of methoxy groups -OCH3 is 2. The van der Waals surface area contributed by atoms with Crippen molar-refractivity contribution in [3.05, 3.63) is 35.5 Å². The van der Waals surface area contributed by atoms with Gasteiger partial charge in [-0.15, -0.1) is 0 Å². The highest BCUT2D eigenvalue weighted by atomic mass is 16.5. The average Bonchev–Trinajstić information content (AvgIpc) is 2.51. The summed E-state index contributed by atoms with van der Waals surface area (Å²) in [5.74, 6) is 0.0590. The number of amides is 1. The number of hydrogen-bond donors (Lipinski definition) is 1. The Morgan fingerprint density at radius 1 is 1.29 bits per heavy atom. The molecule has 1 amide bonds. The van der Waals surface area contributed by atoms with E-state index in [1.54, 1.807) is 25.3 Å². The van der Waals surface area contributed by atoms with Gasteiger partial charge >= 0.3 is 5.97 Å². The van der Waals surface area contributed by atoms with Crippen LogP contribution in [0.3, 0.4) is 0 Å². The highest BCUT2D eigenvalue weighted by Gasteiger charge is 2.08. The molecule has 0 saturated heterocycles. The molecule has 0 atom stereocenters. The minimum absolute atomic E-state index is 0.0593. The SMILES string of the molecule is COCCCOc1cccc(/C=C(/NC=O)C(=O)OC)c1. The lowest BCUT2D eigenvalue weighted by atomic mass is 10.2. The number of rotatable bonds is 9. The zero-order valence-corrected chi connectivity index (χ0v) is 12.1. The topological polar surface area (TPSA) is 73.9 Å². The van der Waals surface area contributed by atoms with Gasteiger partial charge in [-0.1, -0.05) is 12.1 Å². The first kappa shape index (κ1) is 16.7. The van der Waals surface area contributed by atoms with E-state index in [0.29, 0.717) is 30.9 Å². The Labute approximate surface area is 123 Å². The molecule has 0 aliphatic rings. The van der Waals surface area contributed by atoms with Crippen molar-refractivity contribution in [2.45, 2.75) is 6.42 Å². The molecule has 6 nitrogen and oxygen atoms in total. The lowest BCUT2D eigenvalue weighted by Gasteiger charge is -2.07. The van der Waals surface area contributed by atoms with Crippen LogP contribution in [0.15, 0.2) is 30.0 Å². The Kier molecular flexibility index (Phi) is 7.60. The number of benzene rings is 1. The molecule has 21 heavy (non-hydrogen) atoms. The van der Waals surface area contributed by atoms with Crippen LogP contribution in [0, 0.1) is 0 Å². The molecule has 0 bridgehead atoms. The van der Waals surface area contributed by atoms with Crippen molar-refractivity contribution in [2.75, 3.05) is 27.4 Å². The van der Waals surface area contributed by atoms with Crippen LogP contribution in [0.1, 0.15) is 12.0 Å². The summed E-state index contributed by atoms with van der Waals surface area (Å²) in [6.07, 6.45) is 2.73. The standard InChI is InChI=1S/C15H19NO5/c1-19-7-4-8-21-13-6-3-5-12(9-13)10-14(16-11-17)15(18)20-2/h3,5-6,9-11H,4,7-8H2,1-2H3,(H,16,17)/b14-10+. The molecular formula is C15H19NO5. The lowest BCUT2D eigenvalue weighted by Crippen LogP contribution is -2.19. The third-order valence-electron chi connectivity index (χ3n) is 2.55. The average molecular weight is 293 g/mol. The first-order valence-corrected chi connectivity index (χ1v) is 6.43. The van der Waals surface area contributed by atoms with Gasteiger partial charge in [0.15, 0.2) is 0 Å². The lowest BCUT2D eigenvalue weighted by molar-refractivity contribution is -0.137. The van der Waals surface area contributed by atoms with Crippen LogP contribution in [-0.4, -0.2) is 39.8 Å². The van der Waals surface area contributed by atoms with E-state index in [0.717, 1.165) is 6.42 Å². The maximum Gasteiger partial charge on any atom is 0.354 e. The molecule has 0 radical (unpaired) electrons. The number of carbonyl (C=O) groups is 2. The van der Waals surface area contributed by atoms with Crippen LogP contribution < -0.4 is 10.1 Å². The predicted molar refractivity (Wildman–Crippen MR) is 77.6 cm³/mol. The zero-order chi connectivity index (χ0) is 15.5. The van der Waals surface area contributed by atoms with Gasteiger partial charge in [0.2, 0.25) is 6.41 Å². The monoisotopic (exact) mass is 293 g/mol. The molecule has 6 heteroatoms. The van der Waals surface area contributed by atoms with Crippen LogP contribution >= 0.6 is 0 Å². The molecule has 0 heterocycles. The second kappa shape index (κ2) is 9.55. The Hall–Kier alpha value is -2.34. The summed E-state index contributed by atoms with van der Waals surface area (Å²) in [6, 6.07) is 7.17. The first-order chi connectivity index (χ1) is 10.2. The number of carbonyl (C=O) groups excluding carboxylic acids is 2. The van der Waals surface area contributed by atoms with E-state index < -0.39 is 5.97 Å². The number of esters is 1. The van der Waals surface area contributed by atoms with Crippen LogP contribution in [0.2, 0.25) is 0 Å². The Morgan fingerprint density at radius 2 is 2.10 bits per heavy atom. The highest BCUT2D eigenvalue weighted by molar-refractivity contribution is 5.95. The van der Waals surface area contributed by atoms with Gasteiger partial charge in [-0.2, -0.15) is 0 Å². The highest BCUT2D eigenvalue weighted by Crippen LogP contribution is 2.16. The van der Waals surface area contributed by atoms with Crippen molar-refractivity contribution in [1.29, 1.82) is 0 Å². The fraction of sp³-hybridized carbons (Fsp3) is 0.333. The van der Waals surface area contributed by atoms with Gasteiger partial charge in [0.1, 0.15) is 11.4 Å². The quantitative estimate of drug-likeness (QED) is 0.322. The second-order valence-electron chi connectivity index (χ2n) is 4.08. The summed E-state index contributed by atoms with van der Waals surface area (Å²) in [5.41, 5.74) is 0.776. The third-order valence-corrected chi connectivity index (χ3v) is 2.55. The fourth-order valence-corrected chi connectivity index (χ4v) is 1.59. The van der Waals surface area contributed by atoms with E-state index in [1.165, 1.54) is 13.2 Å². The van der Waals surface area contributed by atoms with Gasteiger partial charge in [-0.05, 0) is 23.8 Å². The van der Waals surface area contributed by atoms with Crippen molar-refractivity contribution < 1.29 is 23.8 Å². The molecule has 0 aliphatic heterocycles. The van der Waals surface area contributed by atoms with Crippen molar-refractivity contribution in [3.8, 4) is 5.75 Å². The number of hydrogen-bond acceptors (Lipinski definition) is 5. The molecule has 1 aromatic carbocycles. The van der Waals surface area contributed by atoms with Crippen molar-refractivity contribution in [1.82, 2.24) is 5.32 Å². The number of ether oxygens (including phenoxy) is 3. The van der Waals surface area contributed by atoms with Gasteiger partial charge in [-0.3, -0.25) is 4.79 Å². The van der Waals surface area contributed by atoms with Gasteiger partial charge in [0, 0.05) is 20.1 Å². The summed E-state index contributed by atoms with van der Waals surface area (Å²) >= 11 is 0. The number of nitrogens with one attached hydrogen (secondary N) is 1. The molecular weight excluding hydrogens is 274 g/mol. The molecule has 0 unspecified atom stereocenters. The Morgan fingerprint density at radius 3 is 2.76 bits per heavy atom. The van der Waals surface area contributed by atoms with Gasteiger partial charge in [-0.25, -0.2) is 4.79 Å².